The molecular weight excluding hydrogens is 445 g/mol. The molecule has 0 fully saturated rings. The highest BCUT2D eigenvalue weighted by atomic mass is 32.2. The zero-order valence-electron chi connectivity index (χ0n) is 18.5. The number of carbonyl (C=O) groups excluding carboxylic acids is 1. The first kappa shape index (κ1) is 24.3. The van der Waals surface area contributed by atoms with Gasteiger partial charge < -0.3 is 13.8 Å². The Hall–Kier alpha value is -3.39. The minimum absolute atomic E-state index is 0.00773. The zero-order valence-corrected chi connectivity index (χ0v) is 19.3. The normalized spacial score (nSPS) is 12.1. The van der Waals surface area contributed by atoms with E-state index in [1.807, 2.05) is 32.0 Å². The molecule has 0 aromatic heterocycles. The van der Waals surface area contributed by atoms with Gasteiger partial charge >= 0.3 is 10.1 Å². The van der Waals surface area contributed by atoms with Crippen LogP contribution in [0.25, 0.3) is 0 Å². The van der Waals surface area contributed by atoms with Crippen LogP contribution in [0.15, 0.2) is 83.8 Å². The molecule has 0 aliphatic heterocycles. The van der Waals surface area contributed by atoms with E-state index < -0.39 is 15.9 Å². The van der Waals surface area contributed by atoms with Gasteiger partial charge in [0.2, 0.25) is 0 Å². The molecule has 3 aromatic carbocycles. The molecule has 0 saturated carbocycles. The average Bonchev–Trinajstić information content (AvgIpc) is 2.82. The van der Waals surface area contributed by atoms with Crippen molar-refractivity contribution in [2.24, 2.45) is 0 Å². The van der Waals surface area contributed by atoms with Crippen LogP contribution >= 0.6 is 0 Å². The number of carbonyl (C=O) groups is 1. The van der Waals surface area contributed by atoms with Gasteiger partial charge in [0.05, 0.1) is 0 Å². The van der Waals surface area contributed by atoms with E-state index in [1.165, 1.54) is 12.1 Å². The quantitative estimate of drug-likeness (QED) is 0.397. The summed E-state index contributed by atoms with van der Waals surface area (Å²) in [6, 6.07) is 20.0. The summed E-state index contributed by atoms with van der Waals surface area (Å²) >= 11 is 0. The molecule has 0 spiro atoms. The number of benzene rings is 3. The lowest BCUT2D eigenvalue weighted by atomic mass is 10.1. The number of para-hydroxylation sites is 1. The van der Waals surface area contributed by atoms with E-state index in [1.54, 1.807) is 29.2 Å². The summed E-state index contributed by atoms with van der Waals surface area (Å²) in [5.74, 6) is 0.0658. The van der Waals surface area contributed by atoms with E-state index in [4.69, 9.17) is 8.92 Å². The van der Waals surface area contributed by atoms with Gasteiger partial charge in [-0.25, -0.2) is 4.39 Å². The Balaban J connectivity index is 1.66. The second-order valence-electron chi connectivity index (χ2n) is 7.52. The Morgan fingerprint density at radius 1 is 0.939 bits per heavy atom. The number of amides is 1. The largest absolute Gasteiger partial charge is 0.484 e. The van der Waals surface area contributed by atoms with Gasteiger partial charge in [-0.15, -0.1) is 0 Å². The molecule has 1 atom stereocenters. The first-order valence-corrected chi connectivity index (χ1v) is 12.0. The first-order chi connectivity index (χ1) is 15.8. The standard InChI is InChI=1S/C25H26FNO5S/c1-3-19(2)27(25(28)18-31-22-7-5-4-6-8-22)17-20-9-13-23(14-10-20)32-33(29,30)24-15-11-21(26)12-16-24/h4-16,19H,3,17-18H2,1-2H3/t19-/m0/s1. The summed E-state index contributed by atoms with van der Waals surface area (Å²) < 4.78 is 48.5. The highest BCUT2D eigenvalue weighted by Gasteiger charge is 2.21. The summed E-state index contributed by atoms with van der Waals surface area (Å²) in [6.07, 6.45) is 0.772. The smallest absolute Gasteiger partial charge is 0.339 e. The van der Waals surface area contributed by atoms with Gasteiger partial charge in [-0.1, -0.05) is 37.3 Å². The molecule has 0 N–H and O–H groups in total. The predicted molar refractivity (Wildman–Crippen MR) is 123 cm³/mol. The summed E-state index contributed by atoms with van der Waals surface area (Å²) in [7, 11) is -4.08. The second-order valence-corrected chi connectivity index (χ2v) is 9.06. The van der Waals surface area contributed by atoms with Crippen molar-refractivity contribution in [3.05, 3.63) is 90.2 Å². The van der Waals surface area contributed by atoms with Crippen molar-refractivity contribution in [1.29, 1.82) is 0 Å². The van der Waals surface area contributed by atoms with Crippen LogP contribution in [0.3, 0.4) is 0 Å². The SMILES string of the molecule is CC[C@H](C)N(Cc1ccc(OS(=O)(=O)c2ccc(F)cc2)cc1)C(=O)COc1ccccc1. The van der Waals surface area contributed by atoms with E-state index in [-0.39, 0.29) is 29.2 Å². The van der Waals surface area contributed by atoms with Crippen molar-refractivity contribution in [2.45, 2.75) is 37.8 Å². The Morgan fingerprint density at radius 2 is 1.58 bits per heavy atom. The van der Waals surface area contributed by atoms with Gasteiger partial charge in [-0.2, -0.15) is 8.42 Å². The molecule has 0 saturated heterocycles. The number of nitrogens with zero attached hydrogens (tertiary/aromatic N) is 1. The van der Waals surface area contributed by atoms with E-state index in [9.17, 15) is 17.6 Å². The molecule has 0 aliphatic carbocycles. The molecule has 33 heavy (non-hydrogen) atoms. The number of ether oxygens (including phenoxy) is 1. The maximum Gasteiger partial charge on any atom is 0.339 e. The molecule has 3 rings (SSSR count). The summed E-state index contributed by atoms with van der Waals surface area (Å²) in [5.41, 5.74) is 0.815. The Kier molecular flexibility index (Phi) is 8.06. The Labute approximate surface area is 193 Å². The van der Waals surface area contributed by atoms with E-state index in [0.717, 1.165) is 36.2 Å². The van der Waals surface area contributed by atoms with Crippen molar-refractivity contribution >= 4 is 16.0 Å². The van der Waals surface area contributed by atoms with Crippen LogP contribution in [0, 0.1) is 5.82 Å². The molecule has 0 radical (unpaired) electrons. The fourth-order valence-electron chi connectivity index (χ4n) is 3.08. The molecule has 0 unspecified atom stereocenters. The maximum absolute atomic E-state index is 13.1. The minimum atomic E-state index is -4.08. The van der Waals surface area contributed by atoms with Crippen molar-refractivity contribution in [3.8, 4) is 11.5 Å². The number of halogens is 1. The Bertz CT molecular complexity index is 1150. The fourth-order valence-corrected chi connectivity index (χ4v) is 4.01. The molecule has 6 nitrogen and oxygen atoms in total. The second kappa shape index (κ2) is 11.0. The van der Waals surface area contributed by atoms with Gasteiger partial charge in [0.1, 0.15) is 22.2 Å². The summed E-state index contributed by atoms with van der Waals surface area (Å²) in [4.78, 5) is 14.4. The third-order valence-electron chi connectivity index (χ3n) is 5.13. The molecule has 8 heteroatoms. The van der Waals surface area contributed by atoms with Gasteiger partial charge in [0.15, 0.2) is 6.61 Å². The van der Waals surface area contributed by atoms with Gasteiger partial charge in [0.25, 0.3) is 5.91 Å². The zero-order chi connectivity index (χ0) is 23.8. The van der Waals surface area contributed by atoms with Crippen molar-refractivity contribution in [3.63, 3.8) is 0 Å². The van der Waals surface area contributed by atoms with Gasteiger partial charge in [-0.3, -0.25) is 4.79 Å². The highest BCUT2D eigenvalue weighted by molar-refractivity contribution is 7.87. The van der Waals surface area contributed by atoms with E-state index in [2.05, 4.69) is 0 Å². The molecule has 3 aromatic rings. The number of hydrogen-bond acceptors (Lipinski definition) is 5. The van der Waals surface area contributed by atoms with Crippen molar-refractivity contribution in [2.75, 3.05) is 6.61 Å². The third kappa shape index (κ3) is 6.79. The van der Waals surface area contributed by atoms with Crippen LogP contribution in [0.2, 0.25) is 0 Å². The number of hydrogen-bond donors (Lipinski definition) is 0. The molecule has 0 aliphatic rings. The number of rotatable bonds is 10. The third-order valence-corrected chi connectivity index (χ3v) is 6.39. The van der Waals surface area contributed by atoms with Crippen LogP contribution in [0.4, 0.5) is 4.39 Å². The predicted octanol–water partition coefficient (Wildman–Crippen LogP) is 4.80. The van der Waals surface area contributed by atoms with E-state index >= 15 is 0 Å². The van der Waals surface area contributed by atoms with Crippen LogP contribution < -0.4 is 8.92 Å². The van der Waals surface area contributed by atoms with Crippen molar-refractivity contribution in [1.82, 2.24) is 4.90 Å². The minimum Gasteiger partial charge on any atom is -0.484 e. The van der Waals surface area contributed by atoms with Crippen LogP contribution in [0.5, 0.6) is 11.5 Å². The van der Waals surface area contributed by atoms with Crippen molar-refractivity contribution < 1.29 is 26.5 Å². The lowest BCUT2D eigenvalue weighted by Gasteiger charge is -2.29. The average molecular weight is 472 g/mol. The van der Waals surface area contributed by atoms with Gasteiger partial charge in [-0.05, 0) is 67.4 Å². The summed E-state index contributed by atoms with van der Waals surface area (Å²) in [5, 5.41) is 0. The molecule has 1 amide bonds. The summed E-state index contributed by atoms with van der Waals surface area (Å²) in [6.45, 7) is 4.23. The van der Waals surface area contributed by atoms with Gasteiger partial charge in [0, 0.05) is 12.6 Å². The first-order valence-electron chi connectivity index (χ1n) is 10.5. The molecule has 0 bridgehead atoms. The molecule has 0 heterocycles. The van der Waals surface area contributed by atoms with Crippen LogP contribution in [-0.2, 0) is 21.5 Å². The lowest BCUT2D eigenvalue weighted by molar-refractivity contribution is -0.136. The van der Waals surface area contributed by atoms with E-state index in [0.29, 0.717) is 12.3 Å². The monoisotopic (exact) mass is 471 g/mol. The molecule has 174 valence electrons. The van der Waals surface area contributed by atoms with Crippen LogP contribution in [-0.4, -0.2) is 31.9 Å². The molecular formula is C25H26FNO5S. The maximum atomic E-state index is 13.1. The fraction of sp³-hybridized carbons (Fsp3) is 0.240. The lowest BCUT2D eigenvalue weighted by Crippen LogP contribution is -2.40. The topological polar surface area (TPSA) is 72.9 Å². The highest BCUT2D eigenvalue weighted by Crippen LogP contribution is 2.21. The van der Waals surface area contributed by atoms with Crippen LogP contribution in [0.1, 0.15) is 25.8 Å². The Morgan fingerprint density at radius 3 is 2.18 bits per heavy atom.